The van der Waals surface area contributed by atoms with E-state index in [0.717, 1.165) is 19.4 Å². The van der Waals surface area contributed by atoms with Crippen molar-refractivity contribution in [2.45, 2.75) is 38.5 Å². The number of rotatable bonds is 6. The first-order valence-corrected chi connectivity index (χ1v) is 7.02. The molecule has 1 aliphatic rings. The van der Waals surface area contributed by atoms with Gasteiger partial charge in [-0.25, -0.2) is 4.39 Å². The maximum absolute atomic E-state index is 13.4. The molecule has 0 aromatic heterocycles. The smallest absolute Gasteiger partial charge is 0.234 e. The molecule has 2 atom stereocenters. The maximum atomic E-state index is 13.4. The van der Waals surface area contributed by atoms with Gasteiger partial charge in [-0.1, -0.05) is 18.2 Å². The molecule has 20 heavy (non-hydrogen) atoms. The van der Waals surface area contributed by atoms with E-state index in [-0.39, 0.29) is 37.0 Å². The van der Waals surface area contributed by atoms with E-state index in [0.29, 0.717) is 5.56 Å². The van der Waals surface area contributed by atoms with Crippen LogP contribution in [0.25, 0.3) is 0 Å². The highest BCUT2D eigenvalue weighted by Crippen LogP contribution is 2.15. The van der Waals surface area contributed by atoms with Crippen molar-refractivity contribution < 1.29 is 13.9 Å². The molecule has 4 nitrogen and oxygen atoms in total. The molecule has 1 aliphatic heterocycles. The van der Waals surface area contributed by atoms with Crippen molar-refractivity contribution in [1.82, 2.24) is 10.6 Å². The van der Waals surface area contributed by atoms with Gasteiger partial charge in [0, 0.05) is 24.8 Å². The lowest BCUT2D eigenvalue weighted by molar-refractivity contribution is -0.120. The van der Waals surface area contributed by atoms with E-state index < -0.39 is 0 Å². The largest absolute Gasteiger partial charge is 0.377 e. The number of amides is 1. The highest BCUT2D eigenvalue weighted by Gasteiger charge is 2.22. The van der Waals surface area contributed by atoms with Crippen molar-refractivity contribution in [3.8, 4) is 0 Å². The van der Waals surface area contributed by atoms with Crippen molar-refractivity contribution in [2.24, 2.45) is 0 Å². The lowest BCUT2D eigenvalue weighted by Gasteiger charge is -2.19. The number of nitrogens with one attached hydrogen (secondary N) is 2. The zero-order valence-corrected chi connectivity index (χ0v) is 11.7. The number of benzene rings is 1. The molecule has 1 aromatic rings. The van der Waals surface area contributed by atoms with Gasteiger partial charge < -0.3 is 15.4 Å². The molecule has 2 rings (SSSR count). The Morgan fingerprint density at radius 2 is 2.30 bits per heavy atom. The molecule has 0 radical (unpaired) electrons. The summed E-state index contributed by atoms with van der Waals surface area (Å²) in [6, 6.07) is 6.59. The van der Waals surface area contributed by atoms with E-state index in [1.165, 1.54) is 6.07 Å². The van der Waals surface area contributed by atoms with Crippen LogP contribution in [-0.4, -0.2) is 31.2 Å². The highest BCUT2D eigenvalue weighted by molar-refractivity contribution is 5.78. The molecule has 1 aromatic carbocycles. The molecular formula is C15H21FN2O2. The Labute approximate surface area is 118 Å². The van der Waals surface area contributed by atoms with Gasteiger partial charge in [0.25, 0.3) is 0 Å². The molecule has 1 fully saturated rings. The van der Waals surface area contributed by atoms with Crippen LogP contribution in [0.2, 0.25) is 0 Å². The SMILES string of the molecule is C[C@@H](NCC(=O)NCc1ccccc1F)[C@H]1CCCO1. The summed E-state index contributed by atoms with van der Waals surface area (Å²) >= 11 is 0. The number of halogens is 1. The third-order valence-electron chi connectivity index (χ3n) is 3.54. The Morgan fingerprint density at radius 1 is 1.50 bits per heavy atom. The summed E-state index contributed by atoms with van der Waals surface area (Å²) in [6.45, 7) is 3.24. The molecule has 0 unspecified atom stereocenters. The van der Waals surface area contributed by atoms with Gasteiger partial charge in [-0.05, 0) is 25.8 Å². The van der Waals surface area contributed by atoms with Crippen LogP contribution in [0.4, 0.5) is 4.39 Å². The van der Waals surface area contributed by atoms with E-state index in [2.05, 4.69) is 10.6 Å². The summed E-state index contributed by atoms with van der Waals surface area (Å²) in [4.78, 5) is 11.7. The van der Waals surface area contributed by atoms with E-state index >= 15 is 0 Å². The second-order valence-electron chi connectivity index (χ2n) is 5.09. The van der Waals surface area contributed by atoms with Gasteiger partial charge >= 0.3 is 0 Å². The monoisotopic (exact) mass is 280 g/mol. The van der Waals surface area contributed by atoms with Crippen LogP contribution in [0.3, 0.4) is 0 Å². The summed E-state index contributed by atoms with van der Waals surface area (Å²) in [5, 5.41) is 5.85. The third-order valence-corrected chi connectivity index (χ3v) is 3.54. The summed E-state index contributed by atoms with van der Waals surface area (Å²) in [6.07, 6.45) is 2.30. The van der Waals surface area contributed by atoms with Gasteiger partial charge in [-0.2, -0.15) is 0 Å². The molecule has 5 heteroatoms. The summed E-state index contributed by atoms with van der Waals surface area (Å²) in [7, 11) is 0. The predicted molar refractivity (Wildman–Crippen MR) is 74.7 cm³/mol. The average Bonchev–Trinajstić information content (AvgIpc) is 2.98. The molecular weight excluding hydrogens is 259 g/mol. The van der Waals surface area contributed by atoms with Crippen molar-refractivity contribution >= 4 is 5.91 Å². The lowest BCUT2D eigenvalue weighted by atomic mass is 10.1. The maximum Gasteiger partial charge on any atom is 0.234 e. The fourth-order valence-corrected chi connectivity index (χ4v) is 2.28. The van der Waals surface area contributed by atoms with E-state index in [1.54, 1.807) is 18.2 Å². The van der Waals surface area contributed by atoms with E-state index in [4.69, 9.17) is 4.74 Å². The molecule has 0 bridgehead atoms. The Hall–Kier alpha value is -1.46. The normalized spacial score (nSPS) is 19.8. The highest BCUT2D eigenvalue weighted by atomic mass is 19.1. The zero-order chi connectivity index (χ0) is 14.4. The van der Waals surface area contributed by atoms with E-state index in [9.17, 15) is 9.18 Å². The number of hydrogen-bond acceptors (Lipinski definition) is 3. The first-order valence-electron chi connectivity index (χ1n) is 7.02. The van der Waals surface area contributed by atoms with E-state index in [1.807, 2.05) is 6.92 Å². The molecule has 0 spiro atoms. The topological polar surface area (TPSA) is 50.4 Å². The molecule has 0 saturated carbocycles. The molecule has 1 heterocycles. The van der Waals surface area contributed by atoms with Gasteiger partial charge in [0.05, 0.1) is 12.6 Å². The summed E-state index contributed by atoms with van der Waals surface area (Å²) in [5.74, 6) is -0.438. The second kappa shape index (κ2) is 7.36. The van der Waals surface area contributed by atoms with Gasteiger partial charge in [0.2, 0.25) is 5.91 Å². The number of hydrogen-bond donors (Lipinski definition) is 2. The summed E-state index contributed by atoms with van der Waals surface area (Å²) < 4.78 is 18.9. The fraction of sp³-hybridized carbons (Fsp3) is 0.533. The van der Waals surface area contributed by atoms with Crippen LogP contribution < -0.4 is 10.6 Å². The van der Waals surface area contributed by atoms with Crippen LogP contribution in [0.1, 0.15) is 25.3 Å². The predicted octanol–water partition coefficient (Wildman–Crippen LogP) is 1.60. The number of carbonyl (C=O) groups is 1. The molecule has 0 aliphatic carbocycles. The lowest BCUT2D eigenvalue weighted by Crippen LogP contribution is -2.43. The first kappa shape index (κ1) is 14.9. The standard InChI is InChI=1S/C15H21FN2O2/c1-11(14-7-4-8-20-14)17-10-15(19)18-9-12-5-2-3-6-13(12)16/h2-3,5-6,11,14,17H,4,7-10H2,1H3,(H,18,19)/t11-,14-/m1/s1. The molecule has 110 valence electrons. The zero-order valence-electron chi connectivity index (χ0n) is 11.7. The van der Waals surface area contributed by atoms with Gasteiger partial charge in [-0.15, -0.1) is 0 Å². The van der Waals surface area contributed by atoms with Crippen LogP contribution in [-0.2, 0) is 16.1 Å². The Bertz CT molecular complexity index is 447. The minimum absolute atomic E-state index is 0.141. The second-order valence-corrected chi connectivity index (χ2v) is 5.09. The minimum atomic E-state index is -0.298. The quantitative estimate of drug-likeness (QED) is 0.832. The number of ether oxygens (including phenoxy) is 1. The fourth-order valence-electron chi connectivity index (χ4n) is 2.28. The van der Waals surface area contributed by atoms with Gasteiger partial charge in [-0.3, -0.25) is 4.79 Å². The molecule has 2 N–H and O–H groups in total. The Kier molecular flexibility index (Phi) is 5.49. The summed E-state index contributed by atoms with van der Waals surface area (Å²) in [5.41, 5.74) is 0.494. The first-order chi connectivity index (χ1) is 9.66. The van der Waals surface area contributed by atoms with Crippen LogP contribution in [0.15, 0.2) is 24.3 Å². The van der Waals surface area contributed by atoms with Crippen LogP contribution in [0.5, 0.6) is 0 Å². The third kappa shape index (κ3) is 4.28. The molecule has 1 amide bonds. The van der Waals surface area contributed by atoms with Gasteiger partial charge in [0.1, 0.15) is 5.82 Å². The Balaban J connectivity index is 1.69. The van der Waals surface area contributed by atoms with Crippen LogP contribution in [0, 0.1) is 5.82 Å². The van der Waals surface area contributed by atoms with Crippen molar-refractivity contribution in [3.63, 3.8) is 0 Å². The number of carbonyl (C=O) groups excluding carboxylic acids is 1. The van der Waals surface area contributed by atoms with Crippen molar-refractivity contribution in [2.75, 3.05) is 13.2 Å². The Morgan fingerprint density at radius 3 is 3.00 bits per heavy atom. The average molecular weight is 280 g/mol. The molecule has 1 saturated heterocycles. The minimum Gasteiger partial charge on any atom is -0.377 e. The van der Waals surface area contributed by atoms with Crippen LogP contribution >= 0.6 is 0 Å². The van der Waals surface area contributed by atoms with Crippen molar-refractivity contribution in [1.29, 1.82) is 0 Å². The van der Waals surface area contributed by atoms with Gasteiger partial charge in [0.15, 0.2) is 0 Å². The van der Waals surface area contributed by atoms with Crippen molar-refractivity contribution in [3.05, 3.63) is 35.6 Å².